The van der Waals surface area contributed by atoms with Crippen molar-refractivity contribution in [2.24, 2.45) is 5.16 Å². The van der Waals surface area contributed by atoms with Crippen LogP contribution in [0.3, 0.4) is 0 Å². The van der Waals surface area contributed by atoms with E-state index in [1.54, 1.807) is 0 Å². The molecule has 1 heterocycles. The summed E-state index contributed by atoms with van der Waals surface area (Å²) in [5.74, 6) is 0. The number of rotatable bonds is 6. The van der Waals surface area contributed by atoms with Crippen molar-refractivity contribution in [2.45, 2.75) is 12.8 Å². The Bertz CT molecular complexity index is 691. The molecule has 1 aliphatic rings. The molecule has 0 radical (unpaired) electrons. The van der Waals surface area contributed by atoms with E-state index in [9.17, 15) is 5.21 Å². The summed E-state index contributed by atoms with van der Waals surface area (Å²) < 4.78 is 0. The number of benzene rings is 2. The number of likely N-dealkylation sites (N-methyl/N-ethyl adjacent to an activating group) is 1. The minimum absolute atomic E-state index is 0.701. The first-order valence-corrected chi connectivity index (χ1v) is 8.99. The summed E-state index contributed by atoms with van der Waals surface area (Å²) in [6.07, 6.45) is 2.01. The predicted molar refractivity (Wildman–Crippen MR) is 103 cm³/mol. The zero-order chi connectivity index (χ0) is 17.5. The molecule has 25 heavy (non-hydrogen) atoms. The highest BCUT2D eigenvalue weighted by Gasteiger charge is 2.17. The molecule has 2 aromatic rings. The van der Waals surface area contributed by atoms with Gasteiger partial charge in [0.25, 0.3) is 0 Å². The Kier molecular flexibility index (Phi) is 6.20. The van der Waals surface area contributed by atoms with E-state index in [0.29, 0.717) is 6.54 Å². The third-order valence-corrected chi connectivity index (χ3v) is 4.90. The summed E-state index contributed by atoms with van der Waals surface area (Å²) in [6.45, 7) is 4.87. The van der Waals surface area contributed by atoms with Crippen LogP contribution in [-0.4, -0.2) is 60.5 Å². The average Bonchev–Trinajstić information content (AvgIpc) is 2.67. The molecule has 132 valence electrons. The second-order valence-electron chi connectivity index (χ2n) is 6.81. The largest absolute Gasteiger partial charge is 0.411 e. The van der Waals surface area contributed by atoms with E-state index in [2.05, 4.69) is 64.5 Å². The molecular weight excluding hydrogens is 310 g/mol. The smallest absolute Gasteiger partial charge is 0.101 e. The van der Waals surface area contributed by atoms with Gasteiger partial charge in [-0.1, -0.05) is 53.7 Å². The number of nitrogens with zero attached hydrogens (tertiary/aromatic N) is 3. The van der Waals surface area contributed by atoms with Gasteiger partial charge >= 0.3 is 0 Å². The van der Waals surface area contributed by atoms with Crippen molar-refractivity contribution in [1.29, 1.82) is 0 Å². The van der Waals surface area contributed by atoms with Gasteiger partial charge in [-0.05, 0) is 37.1 Å². The molecule has 0 amide bonds. The number of hydrogen-bond acceptors (Lipinski definition) is 4. The Balaban J connectivity index is 1.62. The van der Waals surface area contributed by atoms with E-state index in [-0.39, 0.29) is 0 Å². The van der Waals surface area contributed by atoms with Gasteiger partial charge < -0.3 is 10.1 Å². The van der Waals surface area contributed by atoms with Crippen molar-refractivity contribution in [1.82, 2.24) is 9.80 Å². The van der Waals surface area contributed by atoms with Crippen LogP contribution in [0.15, 0.2) is 59.8 Å². The lowest BCUT2D eigenvalue weighted by molar-refractivity contribution is 0.169. The molecule has 0 spiro atoms. The zero-order valence-electron chi connectivity index (χ0n) is 14.9. The first-order valence-electron chi connectivity index (χ1n) is 8.99. The molecular formula is C21H27N3O. The van der Waals surface area contributed by atoms with Crippen LogP contribution in [0.1, 0.15) is 16.7 Å². The highest BCUT2D eigenvalue weighted by atomic mass is 16.4. The van der Waals surface area contributed by atoms with Crippen LogP contribution in [0.4, 0.5) is 0 Å². The molecule has 3 rings (SSSR count). The van der Waals surface area contributed by atoms with E-state index in [0.717, 1.165) is 50.3 Å². The highest BCUT2D eigenvalue weighted by Crippen LogP contribution is 2.12. The second-order valence-corrected chi connectivity index (χ2v) is 6.81. The Morgan fingerprint density at radius 2 is 1.60 bits per heavy atom. The molecule has 0 saturated carbocycles. The maximum absolute atomic E-state index is 9.51. The Morgan fingerprint density at radius 3 is 2.32 bits per heavy atom. The van der Waals surface area contributed by atoms with Crippen LogP contribution in [0.2, 0.25) is 0 Å². The third kappa shape index (κ3) is 5.15. The SMILES string of the molecule is CN1CCN(C/C(=N/O)c2cccc(CCc3ccccc3)c2)CC1. The Labute approximate surface area is 150 Å². The van der Waals surface area contributed by atoms with Crippen molar-refractivity contribution in [3.8, 4) is 0 Å². The summed E-state index contributed by atoms with van der Waals surface area (Å²) >= 11 is 0. The van der Waals surface area contributed by atoms with E-state index >= 15 is 0 Å². The fourth-order valence-corrected chi connectivity index (χ4v) is 3.24. The minimum atomic E-state index is 0.701. The first kappa shape index (κ1) is 17.6. The maximum atomic E-state index is 9.51. The van der Waals surface area contributed by atoms with Gasteiger partial charge in [0.15, 0.2) is 0 Å². The second kappa shape index (κ2) is 8.79. The average molecular weight is 337 g/mol. The molecule has 1 saturated heterocycles. The molecule has 2 aromatic carbocycles. The molecule has 4 nitrogen and oxygen atoms in total. The van der Waals surface area contributed by atoms with E-state index in [4.69, 9.17) is 0 Å². The summed E-state index contributed by atoms with van der Waals surface area (Å²) in [5.41, 5.74) is 4.40. The lowest BCUT2D eigenvalue weighted by Gasteiger charge is -2.32. The van der Waals surface area contributed by atoms with E-state index in [1.165, 1.54) is 11.1 Å². The van der Waals surface area contributed by atoms with Crippen molar-refractivity contribution in [3.05, 3.63) is 71.3 Å². The van der Waals surface area contributed by atoms with Crippen LogP contribution in [-0.2, 0) is 12.8 Å². The molecule has 1 aliphatic heterocycles. The fraction of sp³-hybridized carbons (Fsp3) is 0.381. The molecule has 4 heteroatoms. The summed E-state index contributed by atoms with van der Waals surface area (Å²) in [7, 11) is 2.15. The van der Waals surface area contributed by atoms with Crippen LogP contribution in [0.25, 0.3) is 0 Å². The number of aryl methyl sites for hydroxylation is 2. The molecule has 1 fully saturated rings. The molecule has 0 unspecified atom stereocenters. The Morgan fingerprint density at radius 1 is 0.920 bits per heavy atom. The molecule has 0 aliphatic carbocycles. The number of hydrogen-bond donors (Lipinski definition) is 1. The lowest BCUT2D eigenvalue weighted by Crippen LogP contribution is -2.46. The monoisotopic (exact) mass is 337 g/mol. The topological polar surface area (TPSA) is 39.1 Å². The van der Waals surface area contributed by atoms with Crippen molar-refractivity contribution < 1.29 is 5.21 Å². The van der Waals surface area contributed by atoms with Gasteiger partial charge in [0.05, 0.1) is 0 Å². The van der Waals surface area contributed by atoms with Crippen LogP contribution in [0.5, 0.6) is 0 Å². The third-order valence-electron chi connectivity index (χ3n) is 4.90. The predicted octanol–water partition coefficient (Wildman–Crippen LogP) is 2.90. The van der Waals surface area contributed by atoms with Crippen molar-refractivity contribution in [3.63, 3.8) is 0 Å². The quantitative estimate of drug-likeness (QED) is 0.500. The molecule has 0 atom stereocenters. The molecule has 0 bridgehead atoms. The first-order chi connectivity index (χ1) is 12.2. The van der Waals surface area contributed by atoms with Gasteiger partial charge in [0.2, 0.25) is 0 Å². The van der Waals surface area contributed by atoms with Gasteiger partial charge in [-0.3, -0.25) is 4.90 Å². The fourth-order valence-electron chi connectivity index (χ4n) is 3.24. The lowest BCUT2D eigenvalue weighted by atomic mass is 10.0. The van der Waals surface area contributed by atoms with Gasteiger partial charge in [-0.2, -0.15) is 0 Å². The van der Waals surface area contributed by atoms with Crippen molar-refractivity contribution in [2.75, 3.05) is 39.8 Å². The highest BCUT2D eigenvalue weighted by molar-refractivity contribution is 6.01. The number of piperazine rings is 1. The summed E-state index contributed by atoms with van der Waals surface area (Å²) in [6, 6.07) is 19.0. The summed E-state index contributed by atoms with van der Waals surface area (Å²) in [4.78, 5) is 4.68. The van der Waals surface area contributed by atoms with Crippen LogP contribution in [0, 0.1) is 0 Å². The van der Waals surface area contributed by atoms with E-state index in [1.807, 2.05) is 12.1 Å². The van der Waals surface area contributed by atoms with Crippen LogP contribution >= 0.6 is 0 Å². The van der Waals surface area contributed by atoms with E-state index < -0.39 is 0 Å². The molecule has 1 N–H and O–H groups in total. The van der Waals surface area contributed by atoms with Gasteiger partial charge in [-0.15, -0.1) is 0 Å². The summed E-state index contributed by atoms with van der Waals surface area (Å²) in [5, 5.41) is 13.1. The van der Waals surface area contributed by atoms with Crippen molar-refractivity contribution >= 4 is 5.71 Å². The maximum Gasteiger partial charge on any atom is 0.101 e. The Hall–Kier alpha value is -2.17. The number of oxime groups is 1. The van der Waals surface area contributed by atoms with Gasteiger partial charge in [-0.25, -0.2) is 0 Å². The minimum Gasteiger partial charge on any atom is -0.411 e. The molecule has 0 aromatic heterocycles. The zero-order valence-corrected chi connectivity index (χ0v) is 14.9. The normalized spacial score (nSPS) is 16.9. The van der Waals surface area contributed by atoms with Gasteiger partial charge in [0, 0.05) is 38.3 Å². The standard InChI is InChI=1S/C21H27N3O/c1-23-12-14-24(15-13-23)17-21(22-25)20-9-5-8-19(16-20)11-10-18-6-3-2-4-7-18/h2-9,16,25H,10-15,17H2,1H3/b22-21-. The van der Waals surface area contributed by atoms with Crippen LogP contribution < -0.4 is 0 Å². The van der Waals surface area contributed by atoms with Gasteiger partial charge in [0.1, 0.15) is 5.71 Å².